The van der Waals surface area contributed by atoms with Gasteiger partial charge in [-0.25, -0.2) is 0 Å². The number of benzene rings is 2. The molecule has 174 valence electrons. The quantitative estimate of drug-likeness (QED) is 0.336. The van der Waals surface area contributed by atoms with E-state index in [4.69, 9.17) is 9.26 Å². The van der Waals surface area contributed by atoms with E-state index in [0.717, 1.165) is 51.3 Å². The summed E-state index contributed by atoms with van der Waals surface area (Å²) < 4.78 is 10.9. The fourth-order valence-corrected chi connectivity index (χ4v) is 4.15. The van der Waals surface area contributed by atoms with Crippen LogP contribution in [0.1, 0.15) is 38.1 Å². The highest BCUT2D eigenvalue weighted by Gasteiger charge is 2.24. The maximum absolute atomic E-state index is 11.8. The first-order valence-corrected chi connectivity index (χ1v) is 11.6. The number of aromatic amines is 1. The molecule has 0 bridgehead atoms. The SMILES string of the molecule is CC.Cc1noc(C)c1-c1cc(NCC2CC2)c(OC#N)c(-c2cccc3[nH]c(=O)ccc23)c1. The number of pyridine rings is 1. The summed E-state index contributed by atoms with van der Waals surface area (Å²) in [6, 6.07) is 13.0. The van der Waals surface area contributed by atoms with Crippen molar-refractivity contribution in [2.75, 3.05) is 11.9 Å². The molecule has 2 aromatic carbocycles. The molecule has 0 aliphatic heterocycles. The summed E-state index contributed by atoms with van der Waals surface area (Å²) in [4.78, 5) is 14.7. The molecule has 7 heteroatoms. The molecule has 1 aliphatic carbocycles. The maximum atomic E-state index is 11.8. The summed E-state index contributed by atoms with van der Waals surface area (Å²) in [6.07, 6.45) is 4.25. The van der Waals surface area contributed by atoms with Gasteiger partial charge in [-0.15, -0.1) is 5.26 Å². The lowest BCUT2D eigenvalue weighted by molar-refractivity contribution is 0.393. The fourth-order valence-electron chi connectivity index (χ4n) is 4.15. The van der Waals surface area contributed by atoms with Crippen LogP contribution in [0.25, 0.3) is 33.2 Å². The number of nitriles is 1. The number of nitrogens with one attached hydrogen (secondary N) is 2. The van der Waals surface area contributed by atoms with Crippen molar-refractivity contribution >= 4 is 16.6 Å². The lowest BCUT2D eigenvalue weighted by Gasteiger charge is -2.17. The van der Waals surface area contributed by atoms with Gasteiger partial charge >= 0.3 is 0 Å². The predicted octanol–water partition coefficient (Wildman–Crippen LogP) is 6.17. The zero-order valence-corrected chi connectivity index (χ0v) is 19.9. The van der Waals surface area contributed by atoms with Crippen LogP contribution in [0.3, 0.4) is 0 Å². The van der Waals surface area contributed by atoms with Crippen molar-refractivity contribution in [1.82, 2.24) is 10.1 Å². The molecule has 1 fully saturated rings. The first-order valence-electron chi connectivity index (χ1n) is 11.6. The fraction of sp³-hybridized carbons (Fsp3) is 0.296. The van der Waals surface area contributed by atoms with Gasteiger partial charge in [-0.2, -0.15) is 0 Å². The molecule has 0 saturated heterocycles. The largest absolute Gasteiger partial charge is 0.385 e. The zero-order valence-electron chi connectivity index (χ0n) is 19.9. The van der Waals surface area contributed by atoms with Crippen LogP contribution in [0, 0.1) is 31.3 Å². The van der Waals surface area contributed by atoms with Crippen LogP contribution in [0.5, 0.6) is 5.75 Å². The van der Waals surface area contributed by atoms with E-state index in [0.29, 0.717) is 17.2 Å². The molecule has 0 spiro atoms. The van der Waals surface area contributed by atoms with E-state index in [1.54, 1.807) is 6.07 Å². The minimum atomic E-state index is -0.167. The van der Waals surface area contributed by atoms with Gasteiger partial charge in [-0.05, 0) is 68.0 Å². The van der Waals surface area contributed by atoms with E-state index >= 15 is 0 Å². The Balaban J connectivity index is 0.00000133. The van der Waals surface area contributed by atoms with Gasteiger partial charge in [0.2, 0.25) is 5.56 Å². The van der Waals surface area contributed by atoms with E-state index in [1.165, 1.54) is 18.9 Å². The molecule has 2 aromatic heterocycles. The number of hydrogen-bond donors (Lipinski definition) is 2. The number of anilines is 1. The molecule has 0 radical (unpaired) electrons. The van der Waals surface area contributed by atoms with Crippen molar-refractivity contribution in [3.05, 3.63) is 64.3 Å². The number of aryl methyl sites for hydroxylation is 2. The average molecular weight is 457 g/mol. The number of hydrogen-bond acceptors (Lipinski definition) is 6. The Hall–Kier alpha value is -4.05. The summed E-state index contributed by atoms with van der Waals surface area (Å²) in [5, 5.41) is 17.9. The standard InChI is InChI=1S/C25H22N4O3.C2H6/c1-14-24(15(2)32-29-14)17-10-20(18-4-3-5-21-19(18)8-9-23(30)28-21)25(31-13-26)22(11-17)27-12-16-6-7-16;1-2/h3-5,8-11,16,27H,6-7,12H2,1-2H3,(H,28,30);1-2H3. The van der Waals surface area contributed by atoms with Gasteiger partial charge in [0.1, 0.15) is 5.76 Å². The second-order valence-electron chi connectivity index (χ2n) is 8.21. The molecule has 4 aromatic rings. The molecular formula is C27H28N4O3. The van der Waals surface area contributed by atoms with Crippen LogP contribution in [-0.2, 0) is 0 Å². The smallest absolute Gasteiger partial charge is 0.292 e. The lowest BCUT2D eigenvalue weighted by Crippen LogP contribution is -2.06. The maximum Gasteiger partial charge on any atom is 0.292 e. The predicted molar refractivity (Wildman–Crippen MR) is 134 cm³/mol. The number of rotatable bonds is 6. The Kier molecular flexibility index (Phi) is 6.69. The number of ether oxygens (including phenoxy) is 1. The van der Waals surface area contributed by atoms with E-state index < -0.39 is 0 Å². The highest BCUT2D eigenvalue weighted by Crippen LogP contribution is 2.44. The topological polar surface area (TPSA) is 104 Å². The first kappa shape index (κ1) is 23.1. The highest BCUT2D eigenvalue weighted by atomic mass is 16.5. The van der Waals surface area contributed by atoms with Gasteiger partial charge in [0.25, 0.3) is 6.26 Å². The van der Waals surface area contributed by atoms with Crippen LogP contribution < -0.4 is 15.6 Å². The molecule has 1 saturated carbocycles. The van der Waals surface area contributed by atoms with E-state index in [9.17, 15) is 10.1 Å². The minimum absolute atomic E-state index is 0.167. The second kappa shape index (κ2) is 9.84. The molecule has 1 aliphatic rings. The summed E-state index contributed by atoms with van der Waals surface area (Å²) in [6.45, 7) is 8.61. The third-order valence-electron chi connectivity index (χ3n) is 5.89. The Labute approximate surface area is 198 Å². The molecule has 0 atom stereocenters. The third-order valence-corrected chi connectivity index (χ3v) is 5.89. The monoisotopic (exact) mass is 456 g/mol. The molecule has 2 N–H and O–H groups in total. The second-order valence-corrected chi connectivity index (χ2v) is 8.21. The van der Waals surface area contributed by atoms with Gasteiger partial charge in [0, 0.05) is 34.6 Å². The van der Waals surface area contributed by atoms with Crippen LogP contribution in [0.2, 0.25) is 0 Å². The summed E-state index contributed by atoms with van der Waals surface area (Å²) in [5.74, 6) is 1.82. The minimum Gasteiger partial charge on any atom is -0.385 e. The van der Waals surface area contributed by atoms with Crippen molar-refractivity contribution in [2.45, 2.75) is 40.5 Å². The Morgan fingerprint density at radius 2 is 1.97 bits per heavy atom. The molecule has 0 amide bonds. The van der Waals surface area contributed by atoms with Crippen LogP contribution in [0.15, 0.2) is 51.8 Å². The summed E-state index contributed by atoms with van der Waals surface area (Å²) in [5.41, 5.74) is 5.52. The highest BCUT2D eigenvalue weighted by molar-refractivity contribution is 5.99. The molecular weight excluding hydrogens is 428 g/mol. The lowest BCUT2D eigenvalue weighted by atomic mass is 9.94. The molecule has 5 rings (SSSR count). The van der Waals surface area contributed by atoms with Crippen LogP contribution >= 0.6 is 0 Å². The number of nitrogens with zero attached hydrogens (tertiary/aromatic N) is 2. The number of fused-ring (bicyclic) bond motifs is 1. The van der Waals surface area contributed by atoms with Crippen molar-refractivity contribution < 1.29 is 9.26 Å². The van der Waals surface area contributed by atoms with Crippen LogP contribution in [0.4, 0.5) is 5.69 Å². The van der Waals surface area contributed by atoms with E-state index in [-0.39, 0.29) is 5.56 Å². The van der Waals surface area contributed by atoms with Crippen LogP contribution in [-0.4, -0.2) is 16.7 Å². The first-order chi connectivity index (χ1) is 16.5. The summed E-state index contributed by atoms with van der Waals surface area (Å²) >= 11 is 0. The molecule has 0 unspecified atom stereocenters. The van der Waals surface area contributed by atoms with Crippen molar-refractivity contribution in [1.29, 1.82) is 5.26 Å². The third kappa shape index (κ3) is 4.53. The Morgan fingerprint density at radius 3 is 2.65 bits per heavy atom. The molecule has 34 heavy (non-hydrogen) atoms. The Bertz CT molecular complexity index is 1400. The average Bonchev–Trinajstić information content (AvgIpc) is 3.62. The summed E-state index contributed by atoms with van der Waals surface area (Å²) in [7, 11) is 0. The Morgan fingerprint density at radius 1 is 1.18 bits per heavy atom. The van der Waals surface area contributed by atoms with Gasteiger partial charge < -0.3 is 19.6 Å². The number of aromatic nitrogens is 2. The van der Waals surface area contributed by atoms with E-state index in [1.807, 2.05) is 64.3 Å². The van der Waals surface area contributed by atoms with Crippen molar-refractivity contribution in [3.8, 4) is 34.3 Å². The van der Waals surface area contributed by atoms with E-state index in [2.05, 4.69) is 15.5 Å². The van der Waals surface area contributed by atoms with Gasteiger partial charge in [0.15, 0.2) is 5.75 Å². The molecule has 2 heterocycles. The normalized spacial score (nSPS) is 12.6. The number of H-pyrrole nitrogens is 1. The zero-order chi connectivity index (χ0) is 24.2. The molecule has 7 nitrogen and oxygen atoms in total. The van der Waals surface area contributed by atoms with Gasteiger partial charge in [0.05, 0.1) is 11.4 Å². The van der Waals surface area contributed by atoms with Crippen molar-refractivity contribution in [2.24, 2.45) is 5.92 Å². The van der Waals surface area contributed by atoms with Gasteiger partial charge in [-0.1, -0.05) is 31.1 Å². The van der Waals surface area contributed by atoms with Crippen molar-refractivity contribution in [3.63, 3.8) is 0 Å². The van der Waals surface area contributed by atoms with Gasteiger partial charge in [-0.3, -0.25) is 4.79 Å².